The van der Waals surface area contributed by atoms with E-state index in [1.807, 2.05) is 35.2 Å². The average Bonchev–Trinajstić information content (AvgIpc) is 2.84. The number of nitrogens with two attached hydrogens (primary N) is 1. The largest absolute Gasteiger partial charge is 0.337 e. The number of hydrogen-bond acceptors (Lipinski definition) is 3. The SMILES string of the molecule is Cl.Cl.N[C@H]1CCN(C(=O)c2ccc3ncccc3c2)C1. The molecular weight excluding hydrogens is 297 g/mol. The molecule has 0 bridgehead atoms. The van der Waals surface area contributed by atoms with Crippen molar-refractivity contribution in [2.75, 3.05) is 13.1 Å². The number of amides is 1. The van der Waals surface area contributed by atoms with Crippen LogP contribution in [-0.2, 0) is 0 Å². The molecule has 4 nitrogen and oxygen atoms in total. The van der Waals surface area contributed by atoms with E-state index in [-0.39, 0.29) is 36.8 Å². The molecule has 1 atom stereocenters. The summed E-state index contributed by atoms with van der Waals surface area (Å²) in [5.41, 5.74) is 7.45. The zero-order chi connectivity index (χ0) is 12.5. The summed E-state index contributed by atoms with van der Waals surface area (Å²) < 4.78 is 0. The van der Waals surface area contributed by atoms with Gasteiger partial charge in [0, 0.05) is 36.3 Å². The predicted octanol–water partition coefficient (Wildman–Crippen LogP) is 2.25. The van der Waals surface area contributed by atoms with E-state index in [1.165, 1.54) is 0 Å². The first kappa shape index (κ1) is 16.7. The van der Waals surface area contributed by atoms with Crippen molar-refractivity contribution in [3.8, 4) is 0 Å². The number of fused-ring (bicyclic) bond motifs is 1. The van der Waals surface area contributed by atoms with Crippen LogP contribution < -0.4 is 5.73 Å². The van der Waals surface area contributed by atoms with E-state index in [4.69, 9.17) is 5.73 Å². The lowest BCUT2D eigenvalue weighted by molar-refractivity contribution is 0.0791. The van der Waals surface area contributed by atoms with Gasteiger partial charge in [-0.15, -0.1) is 24.8 Å². The average molecular weight is 314 g/mol. The third-order valence-electron chi connectivity index (χ3n) is 3.36. The molecule has 0 aliphatic carbocycles. The highest BCUT2D eigenvalue weighted by Crippen LogP contribution is 2.17. The molecule has 6 heteroatoms. The number of carbonyl (C=O) groups is 1. The highest BCUT2D eigenvalue weighted by atomic mass is 35.5. The minimum absolute atomic E-state index is 0. The van der Waals surface area contributed by atoms with Crippen LogP contribution in [0.2, 0.25) is 0 Å². The standard InChI is InChI=1S/C14H15N3O.2ClH/c15-12-5-7-17(9-12)14(18)11-3-4-13-10(8-11)2-1-6-16-13;;/h1-4,6,8,12H,5,7,9,15H2;2*1H/t12-;;/m0../s1. The van der Waals surface area contributed by atoms with Gasteiger partial charge in [0.15, 0.2) is 0 Å². The van der Waals surface area contributed by atoms with Gasteiger partial charge in [0.1, 0.15) is 0 Å². The molecule has 1 saturated heterocycles. The fourth-order valence-electron chi connectivity index (χ4n) is 2.36. The molecule has 1 aliphatic heterocycles. The van der Waals surface area contributed by atoms with Crippen LogP contribution >= 0.6 is 24.8 Å². The number of benzene rings is 1. The maximum absolute atomic E-state index is 12.3. The quantitative estimate of drug-likeness (QED) is 0.878. The molecule has 0 spiro atoms. The van der Waals surface area contributed by atoms with E-state index in [0.29, 0.717) is 12.1 Å². The molecule has 0 radical (unpaired) electrons. The van der Waals surface area contributed by atoms with Crippen LogP contribution in [0.15, 0.2) is 36.5 Å². The van der Waals surface area contributed by atoms with Gasteiger partial charge in [-0.25, -0.2) is 0 Å². The molecule has 3 rings (SSSR count). The second-order valence-electron chi connectivity index (χ2n) is 4.71. The fourth-order valence-corrected chi connectivity index (χ4v) is 2.36. The van der Waals surface area contributed by atoms with Crippen molar-refractivity contribution >= 4 is 41.6 Å². The Morgan fingerprint density at radius 2 is 2.10 bits per heavy atom. The van der Waals surface area contributed by atoms with Gasteiger partial charge in [-0.2, -0.15) is 0 Å². The molecule has 0 unspecified atom stereocenters. The summed E-state index contributed by atoms with van der Waals surface area (Å²) in [5.74, 6) is 0.0636. The second-order valence-corrected chi connectivity index (χ2v) is 4.71. The van der Waals surface area contributed by atoms with Crippen LogP contribution in [0.3, 0.4) is 0 Å². The van der Waals surface area contributed by atoms with Crippen molar-refractivity contribution in [3.63, 3.8) is 0 Å². The summed E-state index contributed by atoms with van der Waals surface area (Å²) in [6.45, 7) is 1.41. The van der Waals surface area contributed by atoms with E-state index in [0.717, 1.165) is 23.9 Å². The summed E-state index contributed by atoms with van der Waals surface area (Å²) in [6, 6.07) is 9.59. The lowest BCUT2D eigenvalue weighted by Gasteiger charge is -2.15. The van der Waals surface area contributed by atoms with Crippen molar-refractivity contribution in [1.29, 1.82) is 0 Å². The summed E-state index contributed by atoms with van der Waals surface area (Å²) in [5, 5.41) is 0.992. The number of carbonyl (C=O) groups excluding carboxylic acids is 1. The van der Waals surface area contributed by atoms with Gasteiger partial charge < -0.3 is 10.6 Å². The summed E-state index contributed by atoms with van der Waals surface area (Å²) >= 11 is 0. The molecule has 2 N–H and O–H groups in total. The van der Waals surface area contributed by atoms with Crippen molar-refractivity contribution in [2.24, 2.45) is 5.73 Å². The van der Waals surface area contributed by atoms with Crippen LogP contribution in [0, 0.1) is 0 Å². The number of hydrogen-bond donors (Lipinski definition) is 1. The molecule has 2 heterocycles. The van der Waals surface area contributed by atoms with E-state index < -0.39 is 0 Å². The second kappa shape index (κ2) is 6.88. The zero-order valence-electron chi connectivity index (χ0n) is 10.9. The topological polar surface area (TPSA) is 59.2 Å². The first-order valence-electron chi connectivity index (χ1n) is 6.14. The fraction of sp³-hybridized carbons (Fsp3) is 0.286. The van der Waals surface area contributed by atoms with Gasteiger partial charge in [-0.3, -0.25) is 9.78 Å². The Morgan fingerprint density at radius 3 is 2.80 bits per heavy atom. The van der Waals surface area contributed by atoms with Crippen molar-refractivity contribution in [1.82, 2.24) is 9.88 Å². The Bertz CT molecular complexity index is 606. The third kappa shape index (κ3) is 3.20. The first-order valence-corrected chi connectivity index (χ1v) is 6.14. The van der Waals surface area contributed by atoms with E-state index in [2.05, 4.69) is 4.98 Å². The normalized spacial score (nSPS) is 17.4. The molecule has 1 fully saturated rings. The predicted molar refractivity (Wildman–Crippen MR) is 84.7 cm³/mol. The number of pyridine rings is 1. The number of rotatable bonds is 1. The van der Waals surface area contributed by atoms with Gasteiger partial charge in [-0.1, -0.05) is 6.07 Å². The molecule has 1 aromatic heterocycles. The summed E-state index contributed by atoms with van der Waals surface area (Å²) in [6.07, 6.45) is 2.64. The maximum Gasteiger partial charge on any atom is 0.253 e. The van der Waals surface area contributed by atoms with Crippen LogP contribution in [-0.4, -0.2) is 34.9 Å². The number of aromatic nitrogens is 1. The zero-order valence-corrected chi connectivity index (χ0v) is 12.5. The van der Waals surface area contributed by atoms with Crippen LogP contribution in [0.25, 0.3) is 10.9 Å². The lowest BCUT2D eigenvalue weighted by Crippen LogP contribution is -2.31. The van der Waals surface area contributed by atoms with Gasteiger partial charge in [0.05, 0.1) is 5.52 Å². The Hall–Kier alpha value is -1.36. The molecule has 0 saturated carbocycles. The maximum atomic E-state index is 12.3. The third-order valence-corrected chi connectivity index (χ3v) is 3.36. The summed E-state index contributed by atoms with van der Waals surface area (Å²) in [7, 11) is 0. The highest BCUT2D eigenvalue weighted by Gasteiger charge is 2.24. The summed E-state index contributed by atoms with van der Waals surface area (Å²) in [4.78, 5) is 18.4. The van der Waals surface area contributed by atoms with Gasteiger partial charge in [0.2, 0.25) is 0 Å². The minimum Gasteiger partial charge on any atom is -0.337 e. The van der Waals surface area contributed by atoms with Crippen LogP contribution in [0.5, 0.6) is 0 Å². The number of likely N-dealkylation sites (tertiary alicyclic amines) is 1. The Labute approximate surface area is 130 Å². The molecule has 1 amide bonds. The Morgan fingerprint density at radius 1 is 1.30 bits per heavy atom. The van der Waals surface area contributed by atoms with E-state index >= 15 is 0 Å². The molecule has 20 heavy (non-hydrogen) atoms. The monoisotopic (exact) mass is 313 g/mol. The lowest BCUT2D eigenvalue weighted by atomic mass is 10.1. The van der Waals surface area contributed by atoms with E-state index in [9.17, 15) is 4.79 Å². The van der Waals surface area contributed by atoms with Crippen LogP contribution in [0.4, 0.5) is 0 Å². The molecule has 1 aromatic carbocycles. The van der Waals surface area contributed by atoms with E-state index in [1.54, 1.807) is 6.20 Å². The molecule has 1 aliphatic rings. The Kier molecular flexibility index (Phi) is 5.74. The van der Waals surface area contributed by atoms with Crippen molar-refractivity contribution in [2.45, 2.75) is 12.5 Å². The van der Waals surface area contributed by atoms with Gasteiger partial charge in [0.25, 0.3) is 5.91 Å². The number of nitrogens with zero attached hydrogens (tertiary/aromatic N) is 2. The Balaban J connectivity index is 0.000001000. The smallest absolute Gasteiger partial charge is 0.253 e. The van der Waals surface area contributed by atoms with Gasteiger partial charge in [-0.05, 0) is 30.7 Å². The minimum atomic E-state index is 0. The molecule has 2 aromatic rings. The molecular formula is C14H17Cl2N3O. The first-order chi connectivity index (χ1) is 8.74. The highest BCUT2D eigenvalue weighted by molar-refractivity contribution is 5.98. The number of halogens is 2. The van der Waals surface area contributed by atoms with Gasteiger partial charge >= 0.3 is 0 Å². The van der Waals surface area contributed by atoms with Crippen molar-refractivity contribution in [3.05, 3.63) is 42.1 Å². The molecule has 108 valence electrons. The van der Waals surface area contributed by atoms with Crippen molar-refractivity contribution < 1.29 is 4.79 Å². The van der Waals surface area contributed by atoms with Crippen LogP contribution in [0.1, 0.15) is 16.8 Å².